The fraction of sp³-hybridized carbons (Fsp3) is 0. The van der Waals surface area contributed by atoms with Crippen LogP contribution in [0.15, 0.2) is 198 Å². The molecule has 8 rings (SSSR count). The Morgan fingerprint density at radius 1 is 0.319 bits per heavy atom. The van der Waals surface area contributed by atoms with Gasteiger partial charge in [0, 0.05) is 27.3 Å². The van der Waals surface area contributed by atoms with Crippen LogP contribution in [0.4, 0.5) is 17.1 Å². The fourth-order valence-electron chi connectivity index (χ4n) is 6.23. The molecule has 0 saturated carbocycles. The molecule has 3 heteroatoms. The molecule has 0 heterocycles. The number of benzene rings is 8. The Morgan fingerprint density at radius 3 is 1.17 bits per heavy atom. The quantitative estimate of drug-likeness (QED) is 0.142. The van der Waals surface area contributed by atoms with Crippen molar-refractivity contribution in [3.8, 4) is 0 Å². The van der Waals surface area contributed by atoms with Crippen molar-refractivity contribution < 1.29 is 0 Å². The molecule has 3 nitrogen and oxygen atoms in total. The summed E-state index contributed by atoms with van der Waals surface area (Å²) in [6, 6.07) is 65.3. The highest BCUT2D eigenvalue weighted by Gasteiger charge is 2.25. The highest BCUT2D eigenvalue weighted by molar-refractivity contribution is 6.32. The van der Waals surface area contributed by atoms with Gasteiger partial charge < -0.3 is 0 Å². The summed E-state index contributed by atoms with van der Waals surface area (Å²) in [5.41, 5.74) is 4.74. The molecule has 0 aliphatic rings. The van der Waals surface area contributed by atoms with Gasteiger partial charge in [0.05, 0.1) is 17.1 Å². The molecule has 0 aliphatic heterocycles. The van der Waals surface area contributed by atoms with Gasteiger partial charge in [0.25, 0.3) is 0 Å². The van der Waals surface area contributed by atoms with Crippen LogP contribution in [-0.2, 0) is 0 Å². The summed E-state index contributed by atoms with van der Waals surface area (Å²) in [5, 5.41) is 6.72. The van der Waals surface area contributed by atoms with Crippen molar-refractivity contribution in [2.45, 2.75) is 0 Å². The first kappa shape index (κ1) is 28.2. The van der Waals surface area contributed by atoms with Crippen LogP contribution < -0.4 is 4.90 Å². The summed E-state index contributed by atoms with van der Waals surface area (Å²) < 4.78 is 0. The molecule has 0 saturated heterocycles. The minimum Gasteiger partial charge on any atom is -0.277 e. The zero-order chi connectivity index (χ0) is 31.4. The van der Waals surface area contributed by atoms with E-state index in [4.69, 9.17) is 9.98 Å². The summed E-state index contributed by atoms with van der Waals surface area (Å²) in [6.45, 7) is 0. The number of rotatable bonds is 5. The van der Waals surface area contributed by atoms with Crippen LogP contribution >= 0.6 is 0 Å². The molecule has 0 bridgehead atoms. The molecule has 0 radical (unpaired) electrons. The zero-order valence-electron chi connectivity index (χ0n) is 25.7. The van der Waals surface area contributed by atoms with Crippen molar-refractivity contribution in [2.75, 3.05) is 4.90 Å². The third kappa shape index (κ3) is 5.56. The number of fused-ring (bicyclic) bond motifs is 3. The molecule has 222 valence electrons. The zero-order valence-corrected chi connectivity index (χ0v) is 25.7. The maximum absolute atomic E-state index is 5.55. The molecule has 0 aromatic heterocycles. The van der Waals surface area contributed by atoms with Crippen LogP contribution in [0.2, 0.25) is 0 Å². The van der Waals surface area contributed by atoms with E-state index in [0.717, 1.165) is 72.2 Å². The molecule has 0 spiro atoms. The van der Waals surface area contributed by atoms with Crippen LogP contribution in [0.25, 0.3) is 32.3 Å². The normalized spacial score (nSPS) is 12.1. The second-order valence-corrected chi connectivity index (χ2v) is 11.4. The molecular formula is C44H31N3. The maximum Gasteiger partial charge on any atom is 0.146 e. The topological polar surface area (TPSA) is 28.0 Å². The largest absolute Gasteiger partial charge is 0.277 e. The minimum absolute atomic E-state index is 0.779. The lowest BCUT2D eigenvalue weighted by Crippen LogP contribution is -2.38. The summed E-state index contributed by atoms with van der Waals surface area (Å²) in [5.74, 6) is 1.56. The Kier molecular flexibility index (Phi) is 7.54. The van der Waals surface area contributed by atoms with Gasteiger partial charge in [-0.1, -0.05) is 170 Å². The smallest absolute Gasteiger partial charge is 0.146 e. The Hall–Kier alpha value is -6.32. The van der Waals surface area contributed by atoms with Gasteiger partial charge in [-0.05, 0) is 34.4 Å². The lowest BCUT2D eigenvalue weighted by atomic mass is 10.0. The lowest BCUT2D eigenvalue weighted by molar-refractivity contribution is 1.34. The SMILES string of the molecule is c1ccc(C(=Nc2cccc3ccccc23)N(C(=Nc2cccc3ccccc23)c2ccccc2)c2cccc3ccccc23)cc1. The van der Waals surface area contributed by atoms with Crippen LogP contribution in [0, 0.1) is 0 Å². The molecule has 0 unspecified atom stereocenters. The summed E-state index contributed by atoms with van der Waals surface area (Å²) in [7, 11) is 0. The first-order valence-electron chi connectivity index (χ1n) is 15.9. The molecule has 8 aromatic rings. The van der Waals surface area contributed by atoms with E-state index >= 15 is 0 Å². The van der Waals surface area contributed by atoms with Crippen molar-refractivity contribution in [3.63, 3.8) is 0 Å². The Bertz CT molecular complexity index is 2260. The number of nitrogens with zero attached hydrogens (tertiary/aromatic N) is 3. The molecular weight excluding hydrogens is 571 g/mol. The van der Waals surface area contributed by atoms with Crippen LogP contribution in [-0.4, -0.2) is 11.7 Å². The standard InChI is InChI=1S/C44H31N3/c1-3-19-35(20-4-1)43(45-40-29-13-23-32-16-7-10-26-37(32)40)47(42-31-15-25-34-18-9-12-28-39(34)42)44(36-21-5-2-6-22-36)46-41-30-14-24-33-17-8-11-27-38(33)41/h1-31H. The third-order valence-electron chi connectivity index (χ3n) is 8.48. The van der Waals surface area contributed by atoms with Gasteiger partial charge in [-0.15, -0.1) is 0 Å². The number of anilines is 1. The predicted molar refractivity (Wildman–Crippen MR) is 200 cm³/mol. The Morgan fingerprint density at radius 2 is 0.681 bits per heavy atom. The van der Waals surface area contributed by atoms with E-state index in [-0.39, 0.29) is 0 Å². The highest BCUT2D eigenvalue weighted by atomic mass is 15.2. The van der Waals surface area contributed by atoms with Gasteiger partial charge >= 0.3 is 0 Å². The average Bonchev–Trinajstić information content (AvgIpc) is 3.15. The maximum atomic E-state index is 5.55. The van der Waals surface area contributed by atoms with Crippen LogP contribution in [0.3, 0.4) is 0 Å². The van der Waals surface area contributed by atoms with Crippen molar-refractivity contribution in [3.05, 3.63) is 199 Å². The first-order chi connectivity index (χ1) is 23.3. The monoisotopic (exact) mass is 601 g/mol. The first-order valence-corrected chi connectivity index (χ1v) is 15.9. The van der Waals surface area contributed by atoms with Crippen molar-refractivity contribution in [1.82, 2.24) is 0 Å². The molecule has 47 heavy (non-hydrogen) atoms. The van der Waals surface area contributed by atoms with E-state index in [1.165, 1.54) is 0 Å². The van der Waals surface area contributed by atoms with Gasteiger partial charge in [-0.25, -0.2) is 9.98 Å². The fourth-order valence-corrected chi connectivity index (χ4v) is 6.23. The van der Waals surface area contributed by atoms with Gasteiger partial charge in [0.1, 0.15) is 11.7 Å². The minimum atomic E-state index is 0.779. The Labute approximate surface area is 274 Å². The molecule has 8 aromatic carbocycles. The average molecular weight is 602 g/mol. The molecule has 0 N–H and O–H groups in total. The second-order valence-electron chi connectivity index (χ2n) is 11.4. The molecule has 0 amide bonds. The van der Waals surface area contributed by atoms with Gasteiger partial charge in [-0.2, -0.15) is 0 Å². The van der Waals surface area contributed by atoms with Gasteiger partial charge in [-0.3, -0.25) is 4.90 Å². The summed E-state index contributed by atoms with van der Waals surface area (Å²) in [4.78, 5) is 13.4. The van der Waals surface area contributed by atoms with E-state index < -0.39 is 0 Å². The van der Waals surface area contributed by atoms with E-state index in [1.807, 2.05) is 12.1 Å². The van der Waals surface area contributed by atoms with E-state index in [2.05, 4.69) is 181 Å². The number of hydrogen-bond donors (Lipinski definition) is 0. The lowest BCUT2D eigenvalue weighted by Gasteiger charge is -2.30. The van der Waals surface area contributed by atoms with Gasteiger partial charge in [0.2, 0.25) is 0 Å². The molecule has 0 aliphatic carbocycles. The summed E-state index contributed by atoms with van der Waals surface area (Å²) in [6.07, 6.45) is 0. The molecule has 0 fully saturated rings. The second kappa shape index (κ2) is 12.6. The van der Waals surface area contributed by atoms with E-state index in [1.54, 1.807) is 0 Å². The Balaban J connectivity index is 1.50. The molecule has 0 atom stereocenters. The third-order valence-corrected chi connectivity index (χ3v) is 8.48. The predicted octanol–water partition coefficient (Wildman–Crippen LogP) is 11.5. The van der Waals surface area contributed by atoms with E-state index in [9.17, 15) is 0 Å². The van der Waals surface area contributed by atoms with Crippen molar-refractivity contribution in [1.29, 1.82) is 0 Å². The van der Waals surface area contributed by atoms with Gasteiger partial charge in [0.15, 0.2) is 0 Å². The number of aliphatic imine (C=N–C) groups is 2. The van der Waals surface area contributed by atoms with Crippen LogP contribution in [0.1, 0.15) is 11.1 Å². The van der Waals surface area contributed by atoms with E-state index in [0.29, 0.717) is 0 Å². The van der Waals surface area contributed by atoms with Crippen molar-refractivity contribution >= 4 is 61.1 Å². The van der Waals surface area contributed by atoms with Crippen LogP contribution in [0.5, 0.6) is 0 Å². The summed E-state index contributed by atoms with van der Waals surface area (Å²) >= 11 is 0. The van der Waals surface area contributed by atoms with Crippen molar-refractivity contribution in [2.24, 2.45) is 9.98 Å². The highest BCUT2D eigenvalue weighted by Crippen LogP contribution is 2.35. The number of hydrogen-bond acceptors (Lipinski definition) is 2. The number of amidine groups is 2.